The Kier molecular flexibility index (Phi) is 6.76. The van der Waals surface area contributed by atoms with Crippen LogP contribution < -0.4 is 9.62 Å². The number of aryl methyl sites for hydroxylation is 4. The molecule has 0 spiro atoms. The van der Waals surface area contributed by atoms with Crippen molar-refractivity contribution in [3.63, 3.8) is 0 Å². The van der Waals surface area contributed by atoms with Crippen LogP contribution in [0.1, 0.15) is 50.9 Å². The molecule has 10 heteroatoms. The van der Waals surface area contributed by atoms with E-state index in [2.05, 4.69) is 68.4 Å². The van der Waals surface area contributed by atoms with E-state index in [1.54, 1.807) is 14.0 Å². The van der Waals surface area contributed by atoms with Crippen molar-refractivity contribution < 1.29 is 13.2 Å². The lowest BCUT2D eigenvalue weighted by atomic mass is 10.00. The minimum atomic E-state index is -3.83. The fourth-order valence-corrected chi connectivity index (χ4v) is 7.30. The van der Waals surface area contributed by atoms with Gasteiger partial charge in [-0.15, -0.1) is 0 Å². The Bertz CT molecular complexity index is 1320. The maximum atomic E-state index is 13.2. The molecule has 0 saturated carbocycles. The van der Waals surface area contributed by atoms with Gasteiger partial charge in [0.15, 0.2) is 5.13 Å². The van der Waals surface area contributed by atoms with Crippen LogP contribution >= 0.6 is 11.3 Å². The van der Waals surface area contributed by atoms with Crippen LogP contribution in [0.4, 0.5) is 10.1 Å². The first kappa shape index (κ1) is 25.7. The zero-order valence-corrected chi connectivity index (χ0v) is 23.3. The summed E-state index contributed by atoms with van der Waals surface area (Å²) < 4.78 is 36.9. The molecule has 0 bridgehead atoms. The van der Waals surface area contributed by atoms with Crippen LogP contribution in [0.25, 0.3) is 11.3 Å². The van der Waals surface area contributed by atoms with Gasteiger partial charge in [-0.05, 0) is 66.0 Å². The van der Waals surface area contributed by atoms with Crippen LogP contribution in [0.5, 0.6) is 0 Å². The lowest BCUT2D eigenvalue weighted by Gasteiger charge is -2.26. The van der Waals surface area contributed by atoms with Crippen molar-refractivity contribution in [3.05, 3.63) is 41.2 Å². The van der Waals surface area contributed by atoms with E-state index in [9.17, 15) is 8.42 Å². The highest BCUT2D eigenvalue weighted by molar-refractivity contribution is 7.93. The van der Waals surface area contributed by atoms with Gasteiger partial charge in [-0.25, -0.2) is 13.4 Å². The smallest absolute Gasteiger partial charge is 0.267 e. The third-order valence-electron chi connectivity index (χ3n) is 6.12. The summed E-state index contributed by atoms with van der Waals surface area (Å²) >= 11 is 1.37. The number of hydrogen-bond donors (Lipinski definition) is 1. The first-order valence-electron chi connectivity index (χ1n) is 11.8. The van der Waals surface area contributed by atoms with Crippen LogP contribution in [-0.4, -0.2) is 47.5 Å². The highest BCUT2D eigenvalue weighted by Gasteiger charge is 2.36. The molecule has 0 aliphatic carbocycles. The van der Waals surface area contributed by atoms with Gasteiger partial charge in [0, 0.05) is 31.4 Å². The molecule has 8 nitrogen and oxygen atoms in total. The second kappa shape index (κ2) is 9.22. The number of ether oxygens (including phenoxy) is 1. The Hall–Kier alpha value is -2.43. The molecule has 1 saturated heterocycles. The fraction of sp³-hybridized carbons (Fsp3) is 0.520. The maximum absolute atomic E-state index is 13.2. The second-order valence-corrected chi connectivity index (χ2v) is 13.0. The third-order valence-corrected chi connectivity index (χ3v) is 8.70. The quantitative estimate of drug-likeness (QED) is 0.492. The Morgan fingerprint density at radius 2 is 1.83 bits per heavy atom. The van der Waals surface area contributed by atoms with Crippen LogP contribution in [0, 0.1) is 20.8 Å². The number of hydrogen-bond acceptors (Lipinski definition) is 7. The summed E-state index contributed by atoms with van der Waals surface area (Å²) in [6, 6.07) is 6.39. The molecule has 1 N–H and O–H groups in total. The molecule has 2 atom stereocenters. The Morgan fingerprint density at radius 1 is 1.17 bits per heavy atom. The van der Waals surface area contributed by atoms with E-state index < -0.39 is 10.0 Å². The molecule has 0 amide bonds. The number of nitrogens with one attached hydrogen (secondary N) is 1. The standard InChI is InChI=1S/C25H35N5O3S2/c1-15-10-9-11-16(2)21(15)22-23(30-13-19(12-17(30)3)33-25(5,6)7)34-24(26-22)28-35(31,32)20-14-29(8)27-18(20)4/h9-11,14,17,19H,12-13H2,1-8H3,(H,26,28)/t17-,19-/m1/s1. The molecule has 4 rings (SSSR count). The van der Waals surface area contributed by atoms with Gasteiger partial charge in [0.2, 0.25) is 0 Å². The monoisotopic (exact) mass is 517 g/mol. The molecular formula is C25H35N5O3S2. The van der Waals surface area contributed by atoms with Crippen LogP contribution in [0.3, 0.4) is 0 Å². The summed E-state index contributed by atoms with van der Waals surface area (Å²) in [5, 5.41) is 5.48. The van der Waals surface area contributed by atoms with Gasteiger partial charge in [-0.2, -0.15) is 5.10 Å². The molecule has 1 aromatic carbocycles. The van der Waals surface area contributed by atoms with Crippen molar-refractivity contribution in [1.29, 1.82) is 0 Å². The Morgan fingerprint density at radius 3 is 2.40 bits per heavy atom. The minimum absolute atomic E-state index is 0.0936. The largest absolute Gasteiger partial charge is 0.371 e. The van der Waals surface area contributed by atoms with E-state index in [-0.39, 0.29) is 22.6 Å². The van der Waals surface area contributed by atoms with Crippen molar-refractivity contribution in [1.82, 2.24) is 14.8 Å². The fourth-order valence-electron chi connectivity index (χ4n) is 4.76. The SMILES string of the molecule is Cc1cccc(C)c1-c1nc(NS(=O)(=O)c2cn(C)nc2C)sc1N1C[C@H](OC(C)(C)C)C[C@H]1C. The molecular weight excluding hydrogens is 482 g/mol. The zero-order valence-electron chi connectivity index (χ0n) is 21.7. The van der Waals surface area contributed by atoms with E-state index in [1.165, 1.54) is 22.2 Å². The maximum Gasteiger partial charge on any atom is 0.267 e. The first-order valence-corrected chi connectivity index (χ1v) is 14.1. The molecule has 1 aliphatic rings. The molecule has 35 heavy (non-hydrogen) atoms. The highest BCUT2D eigenvalue weighted by atomic mass is 32.2. The third kappa shape index (κ3) is 5.39. The van der Waals surface area contributed by atoms with Crippen LogP contribution in [0.15, 0.2) is 29.3 Å². The van der Waals surface area contributed by atoms with Crippen LogP contribution in [-0.2, 0) is 21.8 Å². The van der Waals surface area contributed by atoms with Gasteiger partial charge in [0.1, 0.15) is 15.6 Å². The van der Waals surface area contributed by atoms with Gasteiger partial charge in [-0.1, -0.05) is 29.5 Å². The zero-order chi connectivity index (χ0) is 25.7. The number of nitrogens with zero attached hydrogens (tertiary/aromatic N) is 4. The van der Waals surface area contributed by atoms with Crippen molar-refractivity contribution in [2.24, 2.45) is 7.05 Å². The average molecular weight is 518 g/mol. The number of anilines is 2. The van der Waals surface area contributed by atoms with E-state index in [1.807, 2.05) is 6.07 Å². The molecule has 3 aromatic rings. The van der Waals surface area contributed by atoms with Crippen molar-refractivity contribution in [2.45, 2.75) is 77.5 Å². The van der Waals surface area contributed by atoms with Gasteiger partial charge in [0.05, 0.1) is 17.4 Å². The molecule has 190 valence electrons. The summed E-state index contributed by atoms with van der Waals surface area (Å²) in [7, 11) is -2.12. The van der Waals surface area contributed by atoms with Gasteiger partial charge >= 0.3 is 0 Å². The minimum Gasteiger partial charge on any atom is -0.371 e. The highest BCUT2D eigenvalue weighted by Crippen LogP contribution is 2.44. The lowest BCUT2D eigenvalue weighted by molar-refractivity contribution is -0.0501. The molecule has 3 heterocycles. The molecule has 1 aliphatic heterocycles. The Balaban J connectivity index is 1.77. The molecule has 1 fully saturated rings. The summed E-state index contributed by atoms with van der Waals surface area (Å²) in [6.45, 7) is 14.9. The number of rotatable bonds is 6. The summed E-state index contributed by atoms with van der Waals surface area (Å²) in [4.78, 5) is 7.31. The number of benzene rings is 1. The Labute approximate surface area is 212 Å². The van der Waals surface area contributed by atoms with Gasteiger partial charge in [0.25, 0.3) is 10.0 Å². The predicted octanol–water partition coefficient (Wildman–Crippen LogP) is 5.05. The first-order chi connectivity index (χ1) is 16.2. The van der Waals surface area contributed by atoms with Gasteiger partial charge in [-0.3, -0.25) is 9.40 Å². The van der Waals surface area contributed by atoms with Crippen molar-refractivity contribution in [3.8, 4) is 11.3 Å². The van der Waals surface area contributed by atoms with Crippen molar-refractivity contribution in [2.75, 3.05) is 16.2 Å². The van der Waals surface area contributed by atoms with E-state index in [0.717, 1.165) is 40.4 Å². The number of sulfonamides is 1. The lowest BCUT2D eigenvalue weighted by Crippen LogP contribution is -2.31. The van der Waals surface area contributed by atoms with E-state index in [4.69, 9.17) is 9.72 Å². The topological polar surface area (TPSA) is 89.3 Å². The molecule has 0 radical (unpaired) electrons. The second-order valence-electron chi connectivity index (χ2n) is 10.4. The summed E-state index contributed by atoms with van der Waals surface area (Å²) in [5.41, 5.74) is 4.25. The van der Waals surface area contributed by atoms with Crippen molar-refractivity contribution >= 4 is 31.5 Å². The number of thiazole rings is 1. The number of aromatic nitrogens is 3. The normalized spacial score (nSPS) is 18.9. The summed E-state index contributed by atoms with van der Waals surface area (Å²) in [5.74, 6) is 0. The predicted molar refractivity (Wildman–Crippen MR) is 142 cm³/mol. The van der Waals surface area contributed by atoms with Gasteiger partial charge < -0.3 is 9.64 Å². The van der Waals surface area contributed by atoms with Crippen LogP contribution in [0.2, 0.25) is 0 Å². The molecule has 0 unspecified atom stereocenters. The van der Waals surface area contributed by atoms with E-state index in [0.29, 0.717) is 10.8 Å². The molecule has 2 aromatic heterocycles. The van der Waals surface area contributed by atoms with E-state index >= 15 is 0 Å². The average Bonchev–Trinajstić information content (AvgIpc) is 3.37. The summed E-state index contributed by atoms with van der Waals surface area (Å²) in [6.07, 6.45) is 2.50.